The Morgan fingerprint density at radius 1 is 1.44 bits per heavy atom. The van der Waals surface area contributed by atoms with Gasteiger partial charge in [0.25, 0.3) is 0 Å². The molecule has 0 radical (unpaired) electrons. The average Bonchev–Trinajstić information content (AvgIpc) is 2.84. The fourth-order valence-corrected chi connectivity index (χ4v) is 2.29. The molecule has 0 aliphatic rings. The Hall–Kier alpha value is -1.40. The Kier molecular flexibility index (Phi) is 4.33. The van der Waals surface area contributed by atoms with E-state index in [0.29, 0.717) is 23.3 Å². The molecule has 0 aromatic carbocycles. The highest BCUT2D eigenvalue weighted by molar-refractivity contribution is 7.07. The van der Waals surface area contributed by atoms with Crippen LogP contribution in [0.1, 0.15) is 12.6 Å². The highest BCUT2D eigenvalue weighted by Gasteiger charge is 2.11. The maximum absolute atomic E-state index is 6.12. The number of hydrogen-bond donors (Lipinski definition) is 1. The standard InChI is InChI=1S/C11H14ClN5S/c1-3-13-11-14-4-9(12)10(16-11)17(2)5-8-6-18-7-15-8/h4,6-7H,3,5H2,1-2H3,(H,13,14,16). The van der Waals surface area contributed by atoms with E-state index in [2.05, 4.69) is 20.3 Å². The quantitative estimate of drug-likeness (QED) is 0.914. The van der Waals surface area contributed by atoms with Crippen LogP contribution in [0.2, 0.25) is 5.02 Å². The Balaban J connectivity index is 2.17. The summed E-state index contributed by atoms with van der Waals surface area (Å²) in [5.41, 5.74) is 2.82. The first kappa shape index (κ1) is 13.0. The summed E-state index contributed by atoms with van der Waals surface area (Å²) in [5, 5.41) is 5.61. The second-order valence-electron chi connectivity index (χ2n) is 3.73. The van der Waals surface area contributed by atoms with E-state index in [1.807, 2.05) is 29.8 Å². The molecular formula is C11H14ClN5S. The van der Waals surface area contributed by atoms with Crippen LogP contribution in [0.25, 0.3) is 0 Å². The fourth-order valence-electron chi connectivity index (χ4n) is 1.50. The van der Waals surface area contributed by atoms with Crippen molar-refractivity contribution in [1.82, 2.24) is 15.0 Å². The predicted molar refractivity (Wildman–Crippen MR) is 75.4 cm³/mol. The number of thiazole rings is 1. The molecule has 0 amide bonds. The first-order valence-corrected chi connectivity index (χ1v) is 6.87. The van der Waals surface area contributed by atoms with Crippen molar-refractivity contribution in [2.45, 2.75) is 13.5 Å². The zero-order valence-corrected chi connectivity index (χ0v) is 11.8. The summed E-state index contributed by atoms with van der Waals surface area (Å²) in [5.74, 6) is 1.29. The van der Waals surface area contributed by atoms with Crippen LogP contribution < -0.4 is 10.2 Å². The normalized spacial score (nSPS) is 10.4. The Morgan fingerprint density at radius 3 is 2.94 bits per heavy atom. The summed E-state index contributed by atoms with van der Waals surface area (Å²) in [6.45, 7) is 3.44. The zero-order chi connectivity index (χ0) is 13.0. The van der Waals surface area contributed by atoms with Crippen molar-refractivity contribution in [1.29, 1.82) is 0 Å². The molecule has 1 N–H and O–H groups in total. The van der Waals surface area contributed by atoms with Gasteiger partial charge in [-0.3, -0.25) is 0 Å². The summed E-state index contributed by atoms with van der Waals surface area (Å²) >= 11 is 7.70. The first-order valence-electron chi connectivity index (χ1n) is 5.55. The Bertz CT molecular complexity index is 502. The van der Waals surface area contributed by atoms with E-state index in [-0.39, 0.29) is 0 Å². The van der Waals surface area contributed by atoms with E-state index in [1.54, 1.807) is 17.5 Å². The molecule has 18 heavy (non-hydrogen) atoms. The van der Waals surface area contributed by atoms with Crippen LogP contribution in [0.3, 0.4) is 0 Å². The molecule has 0 saturated heterocycles. The van der Waals surface area contributed by atoms with Gasteiger partial charge in [0.1, 0.15) is 5.02 Å². The summed E-state index contributed by atoms with van der Waals surface area (Å²) in [6, 6.07) is 0. The number of nitrogens with one attached hydrogen (secondary N) is 1. The SMILES string of the molecule is CCNc1ncc(Cl)c(N(C)Cc2cscn2)n1. The minimum Gasteiger partial charge on any atom is -0.354 e. The summed E-state index contributed by atoms with van der Waals surface area (Å²) in [6.07, 6.45) is 1.61. The molecule has 0 fully saturated rings. The number of halogens is 1. The van der Waals surface area contributed by atoms with Crippen LogP contribution in [-0.4, -0.2) is 28.5 Å². The molecule has 0 aliphatic carbocycles. The van der Waals surface area contributed by atoms with E-state index in [1.165, 1.54) is 0 Å². The molecule has 0 aliphatic heterocycles. The van der Waals surface area contributed by atoms with Gasteiger partial charge in [0, 0.05) is 19.0 Å². The molecule has 0 bridgehead atoms. The molecule has 2 aromatic heterocycles. The Morgan fingerprint density at radius 2 is 2.28 bits per heavy atom. The molecule has 2 aromatic rings. The van der Waals surface area contributed by atoms with Gasteiger partial charge >= 0.3 is 0 Å². The van der Waals surface area contributed by atoms with Crippen LogP contribution >= 0.6 is 22.9 Å². The number of nitrogens with zero attached hydrogens (tertiary/aromatic N) is 4. The highest BCUT2D eigenvalue weighted by atomic mass is 35.5. The molecule has 0 spiro atoms. The van der Waals surface area contributed by atoms with Crippen LogP contribution in [-0.2, 0) is 6.54 Å². The van der Waals surface area contributed by atoms with Crippen molar-refractivity contribution in [3.8, 4) is 0 Å². The molecule has 2 heterocycles. The molecule has 0 saturated carbocycles. The minimum atomic E-state index is 0.536. The second-order valence-corrected chi connectivity index (χ2v) is 4.86. The van der Waals surface area contributed by atoms with Crippen molar-refractivity contribution in [3.63, 3.8) is 0 Å². The molecular weight excluding hydrogens is 270 g/mol. The monoisotopic (exact) mass is 283 g/mol. The Labute approximate surface area is 115 Å². The minimum absolute atomic E-state index is 0.536. The van der Waals surface area contributed by atoms with Gasteiger partial charge in [-0.2, -0.15) is 4.98 Å². The molecule has 0 unspecified atom stereocenters. The first-order chi connectivity index (χ1) is 8.70. The van der Waals surface area contributed by atoms with Crippen LogP contribution in [0.4, 0.5) is 11.8 Å². The van der Waals surface area contributed by atoms with Gasteiger partial charge in [0.2, 0.25) is 5.95 Å². The lowest BCUT2D eigenvalue weighted by atomic mass is 10.4. The van der Waals surface area contributed by atoms with E-state index < -0.39 is 0 Å². The van der Waals surface area contributed by atoms with E-state index in [4.69, 9.17) is 11.6 Å². The maximum atomic E-state index is 6.12. The lowest BCUT2D eigenvalue weighted by Crippen LogP contribution is -2.19. The molecule has 2 rings (SSSR count). The van der Waals surface area contributed by atoms with Crippen molar-refractivity contribution in [2.24, 2.45) is 0 Å². The van der Waals surface area contributed by atoms with E-state index in [0.717, 1.165) is 12.2 Å². The summed E-state index contributed by atoms with van der Waals surface area (Å²) in [7, 11) is 1.93. The zero-order valence-electron chi connectivity index (χ0n) is 10.2. The largest absolute Gasteiger partial charge is 0.354 e. The second kappa shape index (κ2) is 5.97. The van der Waals surface area contributed by atoms with Gasteiger partial charge in [-0.15, -0.1) is 11.3 Å². The van der Waals surface area contributed by atoms with Gasteiger partial charge in [-0.1, -0.05) is 11.6 Å². The number of hydrogen-bond acceptors (Lipinski definition) is 6. The summed E-state index contributed by atoms with van der Waals surface area (Å²) < 4.78 is 0. The van der Waals surface area contributed by atoms with Gasteiger partial charge in [-0.25, -0.2) is 9.97 Å². The maximum Gasteiger partial charge on any atom is 0.224 e. The highest BCUT2D eigenvalue weighted by Crippen LogP contribution is 2.23. The number of rotatable bonds is 5. The molecule has 96 valence electrons. The number of anilines is 2. The third kappa shape index (κ3) is 3.08. The van der Waals surface area contributed by atoms with Crippen molar-refractivity contribution in [3.05, 3.63) is 27.8 Å². The van der Waals surface area contributed by atoms with Crippen molar-refractivity contribution in [2.75, 3.05) is 23.8 Å². The van der Waals surface area contributed by atoms with E-state index in [9.17, 15) is 0 Å². The van der Waals surface area contributed by atoms with Crippen LogP contribution in [0, 0.1) is 0 Å². The van der Waals surface area contributed by atoms with Gasteiger partial charge in [0.15, 0.2) is 5.82 Å². The lowest BCUT2D eigenvalue weighted by Gasteiger charge is -2.18. The molecule has 7 heteroatoms. The van der Waals surface area contributed by atoms with Gasteiger partial charge in [-0.05, 0) is 6.92 Å². The fraction of sp³-hybridized carbons (Fsp3) is 0.364. The van der Waals surface area contributed by atoms with Crippen LogP contribution in [0.15, 0.2) is 17.1 Å². The third-order valence-electron chi connectivity index (χ3n) is 2.30. The topological polar surface area (TPSA) is 53.9 Å². The smallest absolute Gasteiger partial charge is 0.224 e. The van der Waals surface area contributed by atoms with E-state index >= 15 is 0 Å². The summed E-state index contributed by atoms with van der Waals surface area (Å²) in [4.78, 5) is 14.7. The molecule has 5 nitrogen and oxygen atoms in total. The molecule has 0 atom stereocenters. The van der Waals surface area contributed by atoms with Gasteiger partial charge in [0.05, 0.1) is 23.9 Å². The number of aromatic nitrogens is 3. The average molecular weight is 284 g/mol. The predicted octanol–water partition coefficient (Wildman–Crippen LogP) is 2.65. The van der Waals surface area contributed by atoms with Gasteiger partial charge < -0.3 is 10.2 Å². The third-order valence-corrected chi connectivity index (χ3v) is 3.21. The van der Waals surface area contributed by atoms with Crippen molar-refractivity contribution >= 4 is 34.7 Å². The lowest BCUT2D eigenvalue weighted by molar-refractivity contribution is 0.868. The van der Waals surface area contributed by atoms with Crippen molar-refractivity contribution < 1.29 is 0 Å². The van der Waals surface area contributed by atoms with Crippen LogP contribution in [0.5, 0.6) is 0 Å².